The van der Waals surface area contributed by atoms with Gasteiger partial charge in [-0.15, -0.1) is 0 Å². The Balaban J connectivity index is 1.62. The molecule has 3 aromatic rings. The normalized spacial score (nSPS) is 16.8. The second kappa shape index (κ2) is 7.34. The van der Waals surface area contributed by atoms with Gasteiger partial charge in [0.15, 0.2) is 0 Å². The van der Waals surface area contributed by atoms with E-state index in [2.05, 4.69) is 40.4 Å². The Morgan fingerprint density at radius 1 is 1.31 bits per heavy atom. The van der Waals surface area contributed by atoms with E-state index in [0.717, 1.165) is 41.6 Å². The summed E-state index contributed by atoms with van der Waals surface area (Å²) in [4.78, 5) is 16.0. The summed E-state index contributed by atoms with van der Waals surface area (Å²) in [7, 11) is 0. The van der Waals surface area contributed by atoms with Gasteiger partial charge in [0.25, 0.3) is 5.91 Å². The second-order valence-corrected chi connectivity index (χ2v) is 9.36. The number of benzene rings is 1. The van der Waals surface area contributed by atoms with Crippen LogP contribution in [-0.2, 0) is 12.8 Å². The number of aromatic amines is 2. The fourth-order valence-electron chi connectivity index (χ4n) is 4.14. The Morgan fingerprint density at radius 2 is 2.10 bits per heavy atom. The van der Waals surface area contributed by atoms with E-state index in [1.165, 1.54) is 11.3 Å². The molecule has 1 aliphatic carbocycles. The van der Waals surface area contributed by atoms with E-state index < -0.39 is 0 Å². The van der Waals surface area contributed by atoms with E-state index in [-0.39, 0.29) is 24.5 Å². The van der Waals surface area contributed by atoms with Gasteiger partial charge in [0.2, 0.25) is 0 Å². The van der Waals surface area contributed by atoms with Crippen molar-refractivity contribution in [3.05, 3.63) is 41.1 Å². The van der Waals surface area contributed by atoms with Gasteiger partial charge >= 0.3 is 0 Å². The first kappa shape index (κ1) is 19.7. The highest BCUT2D eigenvalue weighted by molar-refractivity contribution is 5.99. The largest absolute Gasteiger partial charge is 0.394 e. The molecule has 6 nitrogen and oxygen atoms in total. The van der Waals surface area contributed by atoms with Crippen molar-refractivity contribution in [3.8, 4) is 11.4 Å². The lowest BCUT2D eigenvalue weighted by Crippen LogP contribution is -2.41. The number of carbonyl (C=O) groups excluding carboxylic acids is 1. The smallest absolute Gasteiger partial charge is 0.251 e. The third-order valence-corrected chi connectivity index (χ3v) is 6.12. The van der Waals surface area contributed by atoms with E-state index in [0.29, 0.717) is 11.0 Å². The average molecular weight is 395 g/mol. The van der Waals surface area contributed by atoms with Crippen LogP contribution in [0, 0.1) is 11.3 Å². The molecule has 0 bridgehead atoms. The summed E-state index contributed by atoms with van der Waals surface area (Å²) in [6, 6.07) is 7.49. The lowest BCUT2D eigenvalue weighted by atomic mass is 9.76. The maximum Gasteiger partial charge on any atom is 0.251 e. The van der Waals surface area contributed by atoms with Crippen molar-refractivity contribution >= 4 is 16.8 Å². The third-order valence-electron chi connectivity index (χ3n) is 6.12. The zero-order valence-electron chi connectivity index (χ0n) is 17.6. The van der Waals surface area contributed by atoms with E-state index in [4.69, 9.17) is 0 Å². The van der Waals surface area contributed by atoms with Crippen LogP contribution in [0.25, 0.3) is 22.3 Å². The molecule has 1 amide bonds. The van der Waals surface area contributed by atoms with E-state index in [9.17, 15) is 9.90 Å². The number of hydrogen-bond donors (Lipinski definition) is 4. The molecule has 0 fully saturated rings. The first-order chi connectivity index (χ1) is 13.8. The molecular formula is C23H30N4O2. The number of aliphatic hydroxyl groups excluding tert-OH is 1. The Morgan fingerprint density at radius 3 is 2.83 bits per heavy atom. The first-order valence-corrected chi connectivity index (χ1v) is 10.4. The lowest BCUT2D eigenvalue weighted by Gasteiger charge is -2.28. The van der Waals surface area contributed by atoms with Crippen LogP contribution in [0.5, 0.6) is 0 Å². The molecule has 0 radical (unpaired) electrons. The minimum Gasteiger partial charge on any atom is -0.394 e. The molecule has 154 valence electrons. The van der Waals surface area contributed by atoms with Crippen molar-refractivity contribution in [3.63, 3.8) is 0 Å². The van der Waals surface area contributed by atoms with Crippen LogP contribution in [0.15, 0.2) is 24.3 Å². The number of aliphatic hydroxyl groups is 1. The molecule has 0 spiro atoms. The number of nitrogens with one attached hydrogen (secondary N) is 3. The van der Waals surface area contributed by atoms with Crippen LogP contribution >= 0.6 is 0 Å². The number of carbonyl (C=O) groups is 1. The Bertz CT molecular complexity index is 1040. The van der Waals surface area contributed by atoms with Crippen molar-refractivity contribution in [2.45, 2.75) is 53.0 Å². The Kier molecular flexibility index (Phi) is 4.99. The maximum absolute atomic E-state index is 12.6. The van der Waals surface area contributed by atoms with Gasteiger partial charge in [-0.1, -0.05) is 33.8 Å². The van der Waals surface area contributed by atoms with E-state index >= 15 is 0 Å². The SMILES string of the molecule is CC(C)C(CO)NC(=O)c1ccc2cc(-c3n[nH]c4c3CCC(C)(C)C4)[nH]c2c1. The number of fused-ring (bicyclic) bond motifs is 2. The molecule has 6 heteroatoms. The lowest BCUT2D eigenvalue weighted by molar-refractivity contribution is 0.0897. The van der Waals surface area contributed by atoms with Gasteiger partial charge in [-0.05, 0) is 48.8 Å². The van der Waals surface area contributed by atoms with Crippen LogP contribution in [0.1, 0.15) is 55.7 Å². The van der Waals surface area contributed by atoms with Gasteiger partial charge in [-0.3, -0.25) is 9.89 Å². The zero-order valence-corrected chi connectivity index (χ0v) is 17.6. The summed E-state index contributed by atoms with van der Waals surface area (Å²) in [5, 5.41) is 21.3. The summed E-state index contributed by atoms with van der Waals surface area (Å²) >= 11 is 0. The maximum atomic E-state index is 12.6. The van der Waals surface area contributed by atoms with Gasteiger partial charge in [-0.25, -0.2) is 0 Å². The van der Waals surface area contributed by atoms with E-state index in [1.54, 1.807) is 0 Å². The summed E-state index contributed by atoms with van der Waals surface area (Å²) in [6.45, 7) is 8.49. The van der Waals surface area contributed by atoms with Crippen LogP contribution in [0.4, 0.5) is 0 Å². The fourth-order valence-corrected chi connectivity index (χ4v) is 4.14. The highest BCUT2D eigenvalue weighted by Crippen LogP contribution is 2.38. The topological polar surface area (TPSA) is 93.8 Å². The van der Waals surface area contributed by atoms with Crippen molar-refractivity contribution < 1.29 is 9.90 Å². The van der Waals surface area contributed by atoms with Gasteiger partial charge in [0.05, 0.1) is 18.3 Å². The number of rotatable bonds is 5. The molecule has 0 saturated carbocycles. The molecule has 1 unspecified atom stereocenters. The van der Waals surface area contributed by atoms with Crippen LogP contribution in [0.2, 0.25) is 0 Å². The molecule has 2 aromatic heterocycles. The molecule has 1 aromatic carbocycles. The molecular weight excluding hydrogens is 364 g/mol. The quantitative estimate of drug-likeness (QED) is 0.530. The van der Waals surface area contributed by atoms with Crippen molar-refractivity contribution in [1.29, 1.82) is 0 Å². The number of H-pyrrole nitrogens is 2. The average Bonchev–Trinajstić information content (AvgIpc) is 3.27. The van der Waals surface area contributed by atoms with Crippen LogP contribution < -0.4 is 5.32 Å². The van der Waals surface area contributed by atoms with Crippen molar-refractivity contribution in [1.82, 2.24) is 20.5 Å². The fraction of sp³-hybridized carbons (Fsp3) is 0.478. The molecule has 2 heterocycles. The highest BCUT2D eigenvalue weighted by atomic mass is 16.3. The summed E-state index contributed by atoms with van der Waals surface area (Å²) in [6.07, 6.45) is 3.19. The molecule has 4 rings (SSSR count). The minimum atomic E-state index is -0.253. The van der Waals surface area contributed by atoms with E-state index in [1.807, 2.05) is 32.0 Å². The number of amides is 1. The predicted molar refractivity (Wildman–Crippen MR) is 115 cm³/mol. The van der Waals surface area contributed by atoms with Gasteiger partial charge in [0.1, 0.15) is 5.69 Å². The Hall–Kier alpha value is -2.60. The number of hydrogen-bond acceptors (Lipinski definition) is 3. The van der Waals surface area contributed by atoms with Gasteiger partial charge < -0.3 is 15.4 Å². The number of aromatic nitrogens is 3. The predicted octanol–water partition coefficient (Wildman–Crippen LogP) is 3.82. The summed E-state index contributed by atoms with van der Waals surface area (Å²) < 4.78 is 0. The monoisotopic (exact) mass is 394 g/mol. The summed E-state index contributed by atoms with van der Waals surface area (Å²) in [5.74, 6) is -0.00392. The van der Waals surface area contributed by atoms with Gasteiger partial charge in [-0.2, -0.15) is 5.10 Å². The standard InChI is InChI=1S/C23H30N4O2/c1-13(2)20(12-28)25-22(29)15-6-5-14-9-18(24-17(14)10-15)21-16-7-8-23(3,4)11-19(16)26-27-21/h5-6,9-10,13,20,24,28H,7-8,11-12H2,1-4H3,(H,25,29)(H,26,27). The van der Waals surface area contributed by atoms with Crippen molar-refractivity contribution in [2.24, 2.45) is 11.3 Å². The third kappa shape index (κ3) is 3.81. The van der Waals surface area contributed by atoms with Crippen molar-refractivity contribution in [2.75, 3.05) is 6.61 Å². The second-order valence-electron chi connectivity index (χ2n) is 9.36. The first-order valence-electron chi connectivity index (χ1n) is 10.4. The number of nitrogens with zero attached hydrogens (tertiary/aromatic N) is 1. The van der Waals surface area contributed by atoms with Crippen LogP contribution in [0.3, 0.4) is 0 Å². The molecule has 0 aliphatic heterocycles. The Labute approximate surface area is 171 Å². The minimum absolute atomic E-state index is 0.0701. The van der Waals surface area contributed by atoms with Crippen LogP contribution in [-0.4, -0.2) is 38.8 Å². The molecule has 1 atom stereocenters. The highest BCUT2D eigenvalue weighted by Gasteiger charge is 2.29. The zero-order chi connectivity index (χ0) is 20.8. The van der Waals surface area contributed by atoms with Gasteiger partial charge in [0, 0.05) is 27.7 Å². The molecule has 0 saturated heterocycles. The summed E-state index contributed by atoms with van der Waals surface area (Å²) in [5.41, 5.74) is 6.29. The molecule has 4 N–H and O–H groups in total. The molecule has 29 heavy (non-hydrogen) atoms. The molecule has 1 aliphatic rings.